The Balaban J connectivity index is 2.73. The summed E-state index contributed by atoms with van der Waals surface area (Å²) in [5.41, 5.74) is -2.87. The Kier molecular flexibility index (Phi) is 3.33. The molecule has 12 heteroatoms. The number of rotatable bonds is 2. The summed E-state index contributed by atoms with van der Waals surface area (Å²) in [5, 5.41) is 8.79. The Morgan fingerprint density at radius 1 is 1.17 bits per heavy atom. The molecule has 0 radical (unpaired) electrons. The second-order valence-electron chi connectivity index (χ2n) is 5.07. The van der Waals surface area contributed by atoms with Crippen LogP contribution >= 0.6 is 10.2 Å². The van der Waals surface area contributed by atoms with E-state index in [1.165, 1.54) is 0 Å². The topological polar surface area (TPSA) is 46.5 Å². The molecule has 1 aromatic carbocycles. The van der Waals surface area contributed by atoms with Crippen molar-refractivity contribution in [3.8, 4) is 5.75 Å². The second kappa shape index (κ2) is 4.35. The van der Waals surface area contributed by atoms with Crippen LogP contribution in [-0.2, 0) is 4.79 Å². The molecule has 0 bridgehead atoms. The zero-order valence-electron chi connectivity index (χ0n) is 11.5. The van der Waals surface area contributed by atoms with Gasteiger partial charge in [0.05, 0.1) is 5.57 Å². The smallest absolute Gasteiger partial charge is 0.430 e. The highest BCUT2D eigenvalue weighted by atomic mass is 32.5. The van der Waals surface area contributed by atoms with E-state index < -0.39 is 55.8 Å². The summed E-state index contributed by atoms with van der Waals surface area (Å²) in [6.45, 7) is 0.846. The van der Waals surface area contributed by atoms with Crippen LogP contribution in [0.2, 0.25) is 0 Å². The number of carboxylic acids is 1. The molecule has 3 nitrogen and oxygen atoms in total. The van der Waals surface area contributed by atoms with Crippen molar-refractivity contribution >= 4 is 22.3 Å². The van der Waals surface area contributed by atoms with E-state index in [0.29, 0.717) is 0 Å². The lowest BCUT2D eigenvalue weighted by molar-refractivity contribution is -0.187. The molecule has 1 aromatic rings. The van der Waals surface area contributed by atoms with Gasteiger partial charge in [0, 0.05) is 5.56 Å². The Bertz CT molecular complexity index is 763. The summed E-state index contributed by atoms with van der Waals surface area (Å²) in [6.07, 6.45) is -7.83. The molecule has 0 amide bonds. The first kappa shape index (κ1) is 18.4. The van der Waals surface area contributed by atoms with Crippen molar-refractivity contribution in [2.45, 2.75) is 24.1 Å². The Labute approximate surface area is 129 Å². The van der Waals surface area contributed by atoms with Crippen LogP contribution in [0.15, 0.2) is 22.6 Å². The van der Waals surface area contributed by atoms with E-state index in [1.54, 1.807) is 0 Å². The number of carboxylic acid groups (broad SMARTS) is 1. The van der Waals surface area contributed by atoms with Gasteiger partial charge in [-0.15, -0.1) is 0 Å². The van der Waals surface area contributed by atoms with Crippen LogP contribution in [0, 0.1) is 6.92 Å². The molecule has 0 aliphatic carbocycles. The van der Waals surface area contributed by atoms with Crippen LogP contribution in [0.25, 0.3) is 6.08 Å². The number of alkyl halides is 3. The number of carbonyl (C=O) groups is 1. The standard InChI is InChI=1S/C12H8F8O3S/c1-5-2-7(24(16,17,18,19)20)3-6-4-8(11(21)22)10(12(13,14)15)23-9(5)6/h2-4,10H,1H3,(H,21,22). The highest BCUT2D eigenvalue weighted by Gasteiger charge is 2.65. The third-order valence-corrected chi connectivity index (χ3v) is 4.22. The van der Waals surface area contributed by atoms with E-state index in [4.69, 9.17) is 5.11 Å². The predicted octanol–water partition coefficient (Wildman–Crippen LogP) is 5.44. The van der Waals surface area contributed by atoms with E-state index in [9.17, 15) is 37.4 Å². The number of aryl methyl sites for hydroxylation is 1. The summed E-state index contributed by atoms with van der Waals surface area (Å²) in [5.74, 6) is -2.84. The summed E-state index contributed by atoms with van der Waals surface area (Å²) in [7, 11) is -10.1. The Morgan fingerprint density at radius 3 is 2.12 bits per heavy atom. The van der Waals surface area contributed by atoms with Crippen LogP contribution in [0.4, 0.5) is 32.6 Å². The molecule has 1 aliphatic heterocycles. The van der Waals surface area contributed by atoms with Gasteiger partial charge in [-0.05, 0) is 30.7 Å². The molecule has 1 aliphatic rings. The lowest BCUT2D eigenvalue weighted by Gasteiger charge is -2.41. The van der Waals surface area contributed by atoms with E-state index in [0.717, 1.165) is 6.92 Å². The summed E-state index contributed by atoms with van der Waals surface area (Å²) >= 11 is 0. The number of hydrogen-bond donors (Lipinski definition) is 1. The second-order valence-corrected chi connectivity index (χ2v) is 7.48. The zero-order valence-corrected chi connectivity index (χ0v) is 12.3. The van der Waals surface area contributed by atoms with Gasteiger partial charge in [0.15, 0.2) is 0 Å². The fraction of sp³-hybridized carbons (Fsp3) is 0.250. The van der Waals surface area contributed by atoms with Crippen LogP contribution in [0.1, 0.15) is 11.1 Å². The molecule has 24 heavy (non-hydrogen) atoms. The van der Waals surface area contributed by atoms with Crippen LogP contribution in [-0.4, -0.2) is 23.4 Å². The molecule has 0 aromatic heterocycles. The number of fused-ring (bicyclic) bond motifs is 1. The SMILES string of the molecule is Cc1cc(S(F)(F)(F)(F)F)cc2c1OC(C(F)(F)F)C(C(=O)O)=C2. The summed E-state index contributed by atoms with van der Waals surface area (Å²) in [6, 6.07) is -0.160. The molecule has 1 atom stereocenters. The number of benzene rings is 1. The molecule has 1 N–H and O–H groups in total. The van der Waals surface area contributed by atoms with E-state index in [2.05, 4.69) is 4.74 Å². The van der Waals surface area contributed by atoms with E-state index >= 15 is 0 Å². The Hall–Kier alpha value is -1.98. The lowest BCUT2D eigenvalue weighted by Crippen LogP contribution is -2.40. The largest absolute Gasteiger partial charge is 0.478 e. The molecule has 1 heterocycles. The van der Waals surface area contributed by atoms with Crippen molar-refractivity contribution in [1.29, 1.82) is 0 Å². The highest BCUT2D eigenvalue weighted by Crippen LogP contribution is 3.02. The van der Waals surface area contributed by atoms with Gasteiger partial charge < -0.3 is 9.84 Å². The zero-order chi connectivity index (χ0) is 18.8. The van der Waals surface area contributed by atoms with Crippen molar-refractivity contribution in [3.63, 3.8) is 0 Å². The molecule has 0 fully saturated rings. The number of hydrogen-bond acceptors (Lipinski definition) is 2. The minimum Gasteiger partial charge on any atom is -0.478 e. The van der Waals surface area contributed by atoms with E-state index in [-0.39, 0.29) is 18.2 Å². The number of halogens is 8. The molecule has 0 saturated carbocycles. The van der Waals surface area contributed by atoms with Gasteiger partial charge in [-0.2, -0.15) is 13.2 Å². The average molecular weight is 384 g/mol. The summed E-state index contributed by atoms with van der Waals surface area (Å²) in [4.78, 5) is 8.56. The maximum atomic E-state index is 12.9. The van der Waals surface area contributed by atoms with Gasteiger partial charge in [0.25, 0.3) is 0 Å². The van der Waals surface area contributed by atoms with Gasteiger partial charge >= 0.3 is 22.4 Å². The molecule has 0 spiro atoms. The van der Waals surface area contributed by atoms with Gasteiger partial charge in [-0.1, -0.05) is 19.4 Å². The summed E-state index contributed by atoms with van der Waals surface area (Å²) < 4.78 is 107. The Morgan fingerprint density at radius 2 is 1.71 bits per heavy atom. The lowest BCUT2D eigenvalue weighted by atomic mass is 9.99. The van der Waals surface area contributed by atoms with Gasteiger partial charge in [-0.25, -0.2) is 4.79 Å². The molecule has 0 saturated heterocycles. The molecular weight excluding hydrogens is 376 g/mol. The van der Waals surface area contributed by atoms with E-state index in [1.807, 2.05) is 0 Å². The van der Waals surface area contributed by atoms with Crippen molar-refractivity contribution < 1.29 is 47.2 Å². The van der Waals surface area contributed by atoms with Gasteiger partial charge in [-0.3, -0.25) is 0 Å². The van der Waals surface area contributed by atoms with Crippen molar-refractivity contribution in [1.82, 2.24) is 0 Å². The normalized spacial score (nSPS) is 21.0. The molecule has 136 valence electrons. The monoisotopic (exact) mass is 384 g/mol. The maximum absolute atomic E-state index is 12.9. The average Bonchev–Trinajstić information content (AvgIpc) is 2.33. The first-order valence-corrected chi connectivity index (χ1v) is 7.92. The first-order chi connectivity index (χ1) is 10.4. The van der Waals surface area contributed by atoms with Crippen LogP contribution in [0.3, 0.4) is 0 Å². The minimum atomic E-state index is -10.1. The molecular formula is C12H8F8O3S. The first-order valence-electron chi connectivity index (χ1n) is 5.97. The predicted molar refractivity (Wildman–Crippen MR) is 68.7 cm³/mol. The van der Waals surface area contributed by atoms with Crippen molar-refractivity contribution in [2.75, 3.05) is 0 Å². The van der Waals surface area contributed by atoms with Crippen LogP contribution < -0.4 is 4.74 Å². The van der Waals surface area contributed by atoms with Crippen molar-refractivity contribution in [3.05, 3.63) is 28.8 Å². The third-order valence-electron chi connectivity index (χ3n) is 3.10. The van der Waals surface area contributed by atoms with Gasteiger partial charge in [0.2, 0.25) is 6.10 Å². The fourth-order valence-electron chi connectivity index (χ4n) is 2.10. The quantitative estimate of drug-likeness (QED) is 0.691. The fourth-order valence-corrected chi connectivity index (χ4v) is 2.85. The maximum Gasteiger partial charge on any atom is 0.430 e. The third kappa shape index (κ3) is 3.42. The minimum absolute atomic E-state index is 0.0343. The number of ether oxygens (including phenoxy) is 1. The van der Waals surface area contributed by atoms with Crippen LogP contribution in [0.5, 0.6) is 5.75 Å². The van der Waals surface area contributed by atoms with Crippen molar-refractivity contribution in [2.24, 2.45) is 0 Å². The molecule has 2 rings (SSSR count). The molecule has 1 unspecified atom stereocenters. The van der Waals surface area contributed by atoms with Gasteiger partial charge in [0.1, 0.15) is 10.6 Å². The highest BCUT2D eigenvalue weighted by molar-refractivity contribution is 8.45. The number of aliphatic carboxylic acids is 1.